The van der Waals surface area contributed by atoms with Gasteiger partial charge < -0.3 is 10.1 Å². The van der Waals surface area contributed by atoms with Crippen LogP contribution in [0.1, 0.15) is 24.1 Å². The van der Waals surface area contributed by atoms with Crippen molar-refractivity contribution in [3.63, 3.8) is 0 Å². The molecule has 0 aliphatic rings. The van der Waals surface area contributed by atoms with Gasteiger partial charge in [-0.1, -0.05) is 17.7 Å². The Bertz CT molecular complexity index is 697. The molecule has 2 rings (SSSR count). The molecule has 1 atom stereocenters. The average Bonchev–Trinajstić information content (AvgIpc) is 2.49. The molecule has 5 heteroatoms. The molecule has 2 aromatic rings. The number of halogens is 2. The van der Waals surface area contributed by atoms with Crippen LogP contribution in [-0.4, -0.2) is 7.11 Å². The molecule has 0 fully saturated rings. The van der Waals surface area contributed by atoms with Gasteiger partial charge >= 0.3 is 0 Å². The summed E-state index contributed by atoms with van der Waals surface area (Å²) in [5, 5.41) is 12.5. The SMILES string of the molecule is COc1ccc(C(C)Nc2cc(C#N)ccc2Cl)c(F)c1. The number of nitrogens with one attached hydrogen (secondary N) is 1. The second-order valence-electron chi connectivity index (χ2n) is 4.56. The van der Waals surface area contributed by atoms with Gasteiger partial charge in [0.25, 0.3) is 0 Å². The van der Waals surface area contributed by atoms with Gasteiger partial charge in [0, 0.05) is 11.6 Å². The molecule has 1 unspecified atom stereocenters. The zero-order valence-corrected chi connectivity index (χ0v) is 12.4. The average molecular weight is 305 g/mol. The van der Waals surface area contributed by atoms with Gasteiger partial charge in [-0.15, -0.1) is 0 Å². The molecule has 0 aliphatic carbocycles. The fourth-order valence-corrected chi connectivity index (χ4v) is 2.17. The van der Waals surface area contributed by atoms with Crippen molar-refractivity contribution in [3.8, 4) is 11.8 Å². The van der Waals surface area contributed by atoms with E-state index >= 15 is 0 Å². The van der Waals surface area contributed by atoms with E-state index in [1.54, 1.807) is 30.3 Å². The highest BCUT2D eigenvalue weighted by atomic mass is 35.5. The summed E-state index contributed by atoms with van der Waals surface area (Å²) in [7, 11) is 1.49. The number of benzene rings is 2. The van der Waals surface area contributed by atoms with E-state index in [9.17, 15) is 4.39 Å². The summed E-state index contributed by atoms with van der Waals surface area (Å²) in [6.45, 7) is 1.82. The number of hydrogen-bond acceptors (Lipinski definition) is 3. The molecule has 0 bridgehead atoms. The largest absolute Gasteiger partial charge is 0.497 e. The Labute approximate surface area is 127 Å². The van der Waals surface area contributed by atoms with Crippen LogP contribution in [0, 0.1) is 17.1 Å². The van der Waals surface area contributed by atoms with Crippen LogP contribution in [-0.2, 0) is 0 Å². The molecule has 0 saturated carbocycles. The van der Waals surface area contributed by atoms with Crippen molar-refractivity contribution in [2.75, 3.05) is 12.4 Å². The molecule has 108 valence electrons. The Morgan fingerprint density at radius 1 is 1.29 bits per heavy atom. The number of methoxy groups -OCH3 is 1. The molecule has 3 nitrogen and oxygen atoms in total. The highest BCUT2D eigenvalue weighted by Gasteiger charge is 2.13. The summed E-state index contributed by atoms with van der Waals surface area (Å²) in [4.78, 5) is 0. The van der Waals surface area contributed by atoms with Crippen molar-refractivity contribution >= 4 is 17.3 Å². The summed E-state index contributed by atoms with van der Waals surface area (Å²) in [6.07, 6.45) is 0. The van der Waals surface area contributed by atoms with Crippen molar-refractivity contribution in [1.29, 1.82) is 5.26 Å². The lowest BCUT2D eigenvalue weighted by Gasteiger charge is -2.18. The van der Waals surface area contributed by atoms with Gasteiger partial charge in [-0.25, -0.2) is 4.39 Å². The van der Waals surface area contributed by atoms with Crippen LogP contribution in [0.4, 0.5) is 10.1 Å². The minimum Gasteiger partial charge on any atom is -0.497 e. The van der Waals surface area contributed by atoms with Crippen LogP contribution in [0.5, 0.6) is 5.75 Å². The summed E-state index contributed by atoms with van der Waals surface area (Å²) >= 11 is 6.09. The molecule has 1 N–H and O–H groups in total. The van der Waals surface area contributed by atoms with Crippen molar-refractivity contribution in [2.24, 2.45) is 0 Å². The van der Waals surface area contributed by atoms with Crippen molar-refractivity contribution < 1.29 is 9.13 Å². The van der Waals surface area contributed by atoms with E-state index in [-0.39, 0.29) is 11.9 Å². The molecule has 0 saturated heterocycles. The normalized spacial score (nSPS) is 11.6. The number of nitrogens with zero attached hydrogens (tertiary/aromatic N) is 1. The predicted molar refractivity (Wildman–Crippen MR) is 81.2 cm³/mol. The van der Waals surface area contributed by atoms with E-state index in [0.29, 0.717) is 27.6 Å². The van der Waals surface area contributed by atoms with Crippen LogP contribution < -0.4 is 10.1 Å². The summed E-state index contributed by atoms with van der Waals surface area (Å²) in [5.74, 6) is 0.106. The lowest BCUT2D eigenvalue weighted by Crippen LogP contribution is -2.09. The Kier molecular flexibility index (Phi) is 4.66. The highest BCUT2D eigenvalue weighted by molar-refractivity contribution is 6.33. The second kappa shape index (κ2) is 6.47. The zero-order valence-electron chi connectivity index (χ0n) is 11.7. The third kappa shape index (κ3) is 3.45. The molecule has 0 aromatic heterocycles. The smallest absolute Gasteiger partial charge is 0.132 e. The number of rotatable bonds is 4. The fraction of sp³-hybridized carbons (Fsp3) is 0.188. The van der Waals surface area contributed by atoms with E-state index in [0.717, 1.165) is 0 Å². The number of anilines is 1. The monoisotopic (exact) mass is 304 g/mol. The topological polar surface area (TPSA) is 45.0 Å². The number of ether oxygens (including phenoxy) is 1. The quantitative estimate of drug-likeness (QED) is 0.902. The third-order valence-corrected chi connectivity index (χ3v) is 3.47. The molecule has 0 heterocycles. The molecule has 0 aliphatic heterocycles. The van der Waals surface area contributed by atoms with E-state index in [2.05, 4.69) is 5.32 Å². The maximum absolute atomic E-state index is 14.0. The molecular formula is C16H14ClFN2O. The van der Waals surface area contributed by atoms with E-state index in [4.69, 9.17) is 21.6 Å². The minimum atomic E-state index is -0.359. The highest BCUT2D eigenvalue weighted by Crippen LogP contribution is 2.29. The van der Waals surface area contributed by atoms with Crippen LogP contribution >= 0.6 is 11.6 Å². The molecule has 2 aromatic carbocycles. The number of nitriles is 1. The fourth-order valence-electron chi connectivity index (χ4n) is 2.00. The lowest BCUT2D eigenvalue weighted by molar-refractivity contribution is 0.410. The second-order valence-corrected chi connectivity index (χ2v) is 4.97. The van der Waals surface area contributed by atoms with Gasteiger partial charge in [0.15, 0.2) is 0 Å². The molecule has 21 heavy (non-hydrogen) atoms. The van der Waals surface area contributed by atoms with Crippen LogP contribution in [0.25, 0.3) is 0 Å². The van der Waals surface area contributed by atoms with Gasteiger partial charge in [0.1, 0.15) is 11.6 Å². The Hall–Kier alpha value is -2.25. The summed E-state index contributed by atoms with van der Waals surface area (Å²) in [6, 6.07) is 11.3. The molecule has 0 radical (unpaired) electrons. The summed E-state index contributed by atoms with van der Waals surface area (Å²) < 4.78 is 19.0. The first-order chi connectivity index (χ1) is 10.0. The predicted octanol–water partition coefficient (Wildman–Crippen LogP) is 4.53. The van der Waals surface area contributed by atoms with Crippen LogP contribution in [0.15, 0.2) is 36.4 Å². The standard InChI is InChI=1S/C16H14ClFN2O/c1-10(13-5-4-12(21-2)8-15(13)18)20-16-7-11(9-19)3-6-14(16)17/h3-8,10,20H,1-2H3. The van der Waals surface area contributed by atoms with Crippen LogP contribution in [0.3, 0.4) is 0 Å². The first kappa shape index (κ1) is 15.1. The Morgan fingerprint density at radius 2 is 2.05 bits per heavy atom. The maximum Gasteiger partial charge on any atom is 0.132 e. The van der Waals surface area contributed by atoms with E-state index in [1.165, 1.54) is 13.2 Å². The van der Waals surface area contributed by atoms with Crippen molar-refractivity contribution in [2.45, 2.75) is 13.0 Å². The molecular weight excluding hydrogens is 291 g/mol. The van der Waals surface area contributed by atoms with E-state index in [1.807, 2.05) is 13.0 Å². The van der Waals surface area contributed by atoms with Gasteiger partial charge in [-0.3, -0.25) is 0 Å². The minimum absolute atomic E-state index is 0.303. The first-order valence-electron chi connectivity index (χ1n) is 6.34. The zero-order chi connectivity index (χ0) is 15.4. The maximum atomic E-state index is 14.0. The molecule has 0 amide bonds. The van der Waals surface area contributed by atoms with Gasteiger partial charge in [-0.2, -0.15) is 5.26 Å². The van der Waals surface area contributed by atoms with E-state index < -0.39 is 0 Å². The van der Waals surface area contributed by atoms with Crippen LogP contribution in [0.2, 0.25) is 5.02 Å². The molecule has 0 spiro atoms. The van der Waals surface area contributed by atoms with Gasteiger partial charge in [0.05, 0.1) is 35.5 Å². The van der Waals surface area contributed by atoms with Crippen molar-refractivity contribution in [3.05, 3.63) is 58.4 Å². The third-order valence-electron chi connectivity index (χ3n) is 3.14. The van der Waals surface area contributed by atoms with Crippen molar-refractivity contribution in [1.82, 2.24) is 0 Å². The Balaban J connectivity index is 2.26. The lowest BCUT2D eigenvalue weighted by atomic mass is 10.1. The van der Waals surface area contributed by atoms with Gasteiger partial charge in [0.2, 0.25) is 0 Å². The Morgan fingerprint density at radius 3 is 2.67 bits per heavy atom. The summed E-state index contributed by atoms with van der Waals surface area (Å²) in [5.41, 5.74) is 1.58. The van der Waals surface area contributed by atoms with Gasteiger partial charge in [-0.05, 0) is 31.2 Å². The first-order valence-corrected chi connectivity index (χ1v) is 6.72. The number of hydrogen-bond donors (Lipinski definition) is 1.